The van der Waals surface area contributed by atoms with Crippen LogP contribution in [0.2, 0.25) is 0 Å². The highest BCUT2D eigenvalue weighted by atomic mass is 16.1. The van der Waals surface area contributed by atoms with Gasteiger partial charge in [-0.05, 0) is 44.9 Å². The Labute approximate surface area is 103 Å². The Balaban J connectivity index is 2.53. The highest BCUT2D eigenvalue weighted by Crippen LogP contribution is 2.36. The average molecular weight is 231 g/mol. The molecule has 1 aliphatic carbocycles. The van der Waals surface area contributed by atoms with Crippen LogP contribution in [0.3, 0.4) is 0 Å². The normalized spacial score (nSPS) is 25.0. The minimum absolute atomic E-state index is 0.347. The number of Topliss-reactive ketones (excluding diaryl/α,β-unsaturated/α-hetero) is 1. The summed E-state index contributed by atoms with van der Waals surface area (Å²) in [6, 6.07) is 6.39. The minimum Gasteiger partial charge on any atom is -0.304 e. The van der Waals surface area contributed by atoms with Crippen molar-refractivity contribution in [2.45, 2.75) is 45.1 Å². The van der Waals surface area contributed by atoms with Crippen LogP contribution in [-0.4, -0.2) is 12.8 Å². The molecular weight excluding hydrogens is 210 g/mol. The van der Waals surface area contributed by atoms with Crippen molar-refractivity contribution in [2.24, 2.45) is 0 Å². The van der Waals surface area contributed by atoms with Crippen LogP contribution in [0.4, 0.5) is 0 Å². The van der Waals surface area contributed by atoms with Crippen LogP contribution < -0.4 is 5.32 Å². The number of ketones is 1. The molecule has 92 valence electrons. The summed E-state index contributed by atoms with van der Waals surface area (Å²) < 4.78 is 0. The molecule has 1 aromatic carbocycles. The van der Waals surface area contributed by atoms with Gasteiger partial charge < -0.3 is 5.32 Å². The van der Waals surface area contributed by atoms with Crippen LogP contribution in [0.1, 0.15) is 42.4 Å². The number of nitrogens with one attached hydrogen (secondary N) is 1. The Morgan fingerprint density at radius 2 is 2.00 bits per heavy atom. The minimum atomic E-state index is -0.436. The van der Waals surface area contributed by atoms with Crippen molar-refractivity contribution in [3.8, 4) is 0 Å². The van der Waals surface area contributed by atoms with Gasteiger partial charge in [0.1, 0.15) is 5.54 Å². The number of likely N-dealkylation sites (N-methyl/N-ethyl adjacent to an activating group) is 1. The molecule has 1 unspecified atom stereocenters. The van der Waals surface area contributed by atoms with Gasteiger partial charge in [-0.15, -0.1) is 0 Å². The second-order valence-electron chi connectivity index (χ2n) is 5.10. The highest BCUT2D eigenvalue weighted by molar-refractivity contribution is 5.90. The molecule has 0 spiro atoms. The highest BCUT2D eigenvalue weighted by Gasteiger charge is 2.40. The van der Waals surface area contributed by atoms with Crippen LogP contribution in [0, 0.1) is 13.8 Å². The fourth-order valence-corrected chi connectivity index (χ4v) is 2.91. The monoisotopic (exact) mass is 231 g/mol. The van der Waals surface area contributed by atoms with E-state index in [-0.39, 0.29) is 0 Å². The molecule has 0 bridgehead atoms. The molecule has 0 saturated heterocycles. The van der Waals surface area contributed by atoms with Gasteiger partial charge >= 0.3 is 0 Å². The Hall–Kier alpha value is -1.15. The van der Waals surface area contributed by atoms with E-state index in [9.17, 15) is 4.79 Å². The van der Waals surface area contributed by atoms with Crippen molar-refractivity contribution in [1.82, 2.24) is 5.32 Å². The smallest absolute Gasteiger partial charge is 0.157 e. The van der Waals surface area contributed by atoms with E-state index in [4.69, 9.17) is 0 Å². The second kappa shape index (κ2) is 4.61. The molecule has 17 heavy (non-hydrogen) atoms. The van der Waals surface area contributed by atoms with E-state index in [0.29, 0.717) is 12.2 Å². The molecule has 1 saturated carbocycles. The summed E-state index contributed by atoms with van der Waals surface area (Å²) in [6.45, 7) is 4.18. The van der Waals surface area contributed by atoms with Gasteiger partial charge in [0.2, 0.25) is 0 Å². The lowest BCUT2D eigenvalue weighted by molar-refractivity contribution is -0.127. The number of hydrogen-bond donors (Lipinski definition) is 1. The topological polar surface area (TPSA) is 29.1 Å². The molecule has 1 aliphatic rings. The van der Waals surface area contributed by atoms with Gasteiger partial charge in [0.05, 0.1) is 0 Å². The van der Waals surface area contributed by atoms with Crippen molar-refractivity contribution in [1.29, 1.82) is 0 Å². The van der Waals surface area contributed by atoms with E-state index in [0.717, 1.165) is 19.3 Å². The Kier molecular flexibility index (Phi) is 3.34. The standard InChI is InChI=1S/C15H21NO/c1-11-7-8-12(2)13(10-11)15(16-3)9-5-4-6-14(15)17/h7-8,10,16H,4-6,9H2,1-3H3. The molecule has 0 aliphatic heterocycles. The molecule has 1 aromatic rings. The van der Waals surface area contributed by atoms with Crippen LogP contribution in [0.25, 0.3) is 0 Å². The predicted molar refractivity (Wildman–Crippen MR) is 70.1 cm³/mol. The summed E-state index contributed by atoms with van der Waals surface area (Å²) >= 11 is 0. The van der Waals surface area contributed by atoms with Gasteiger partial charge in [-0.2, -0.15) is 0 Å². The van der Waals surface area contributed by atoms with E-state index in [1.54, 1.807) is 0 Å². The molecule has 0 radical (unpaired) electrons. The molecule has 0 amide bonds. The summed E-state index contributed by atoms with van der Waals surface area (Å²) in [7, 11) is 1.91. The fourth-order valence-electron chi connectivity index (χ4n) is 2.91. The Bertz CT molecular complexity index is 439. The van der Waals surface area contributed by atoms with Crippen molar-refractivity contribution in [3.63, 3.8) is 0 Å². The first-order chi connectivity index (χ1) is 8.10. The van der Waals surface area contributed by atoms with E-state index >= 15 is 0 Å². The molecule has 1 N–H and O–H groups in total. The van der Waals surface area contributed by atoms with Crippen molar-refractivity contribution < 1.29 is 4.79 Å². The third kappa shape index (κ3) is 2.02. The summed E-state index contributed by atoms with van der Waals surface area (Å²) in [5.74, 6) is 0.347. The number of benzene rings is 1. The molecule has 1 fully saturated rings. The number of carbonyl (C=O) groups is 1. The molecule has 1 atom stereocenters. The van der Waals surface area contributed by atoms with Gasteiger partial charge in [-0.25, -0.2) is 0 Å². The van der Waals surface area contributed by atoms with Gasteiger partial charge in [0.15, 0.2) is 5.78 Å². The quantitative estimate of drug-likeness (QED) is 0.848. The lowest BCUT2D eigenvalue weighted by Gasteiger charge is -2.37. The van der Waals surface area contributed by atoms with Crippen molar-refractivity contribution in [3.05, 3.63) is 34.9 Å². The van der Waals surface area contributed by atoms with Gasteiger partial charge in [-0.1, -0.05) is 30.2 Å². The maximum absolute atomic E-state index is 12.3. The van der Waals surface area contributed by atoms with Gasteiger partial charge in [0.25, 0.3) is 0 Å². The maximum atomic E-state index is 12.3. The zero-order chi connectivity index (χ0) is 12.5. The largest absolute Gasteiger partial charge is 0.304 e. The summed E-state index contributed by atoms with van der Waals surface area (Å²) in [6.07, 6.45) is 3.79. The number of aryl methyl sites for hydroxylation is 2. The summed E-state index contributed by atoms with van der Waals surface area (Å²) in [5, 5.41) is 3.30. The number of hydrogen-bond acceptors (Lipinski definition) is 2. The van der Waals surface area contributed by atoms with Crippen LogP contribution in [-0.2, 0) is 10.3 Å². The SMILES string of the molecule is CNC1(c2cc(C)ccc2C)CCCCC1=O. The number of carbonyl (C=O) groups excluding carboxylic acids is 1. The van der Waals surface area contributed by atoms with Crippen LogP contribution in [0.15, 0.2) is 18.2 Å². The molecule has 2 heteroatoms. The first kappa shape index (κ1) is 12.3. The zero-order valence-electron chi connectivity index (χ0n) is 11.0. The first-order valence-corrected chi connectivity index (χ1v) is 6.40. The van der Waals surface area contributed by atoms with E-state index in [2.05, 4.69) is 37.4 Å². The first-order valence-electron chi connectivity index (χ1n) is 6.40. The lowest BCUT2D eigenvalue weighted by atomic mass is 9.74. The van der Waals surface area contributed by atoms with E-state index in [1.807, 2.05) is 7.05 Å². The Morgan fingerprint density at radius 3 is 2.65 bits per heavy atom. The van der Waals surface area contributed by atoms with Crippen molar-refractivity contribution in [2.75, 3.05) is 7.05 Å². The zero-order valence-corrected chi connectivity index (χ0v) is 11.0. The van der Waals surface area contributed by atoms with E-state index in [1.165, 1.54) is 16.7 Å². The molecule has 0 heterocycles. The predicted octanol–water partition coefficient (Wildman–Crippen LogP) is 2.86. The maximum Gasteiger partial charge on any atom is 0.157 e. The average Bonchev–Trinajstić information content (AvgIpc) is 2.33. The molecule has 0 aromatic heterocycles. The lowest BCUT2D eigenvalue weighted by Crippen LogP contribution is -2.49. The summed E-state index contributed by atoms with van der Waals surface area (Å²) in [4.78, 5) is 12.3. The fraction of sp³-hybridized carbons (Fsp3) is 0.533. The molecule has 2 rings (SSSR count). The van der Waals surface area contributed by atoms with Crippen molar-refractivity contribution >= 4 is 5.78 Å². The van der Waals surface area contributed by atoms with E-state index < -0.39 is 5.54 Å². The third-order valence-electron chi connectivity index (χ3n) is 3.96. The molecule has 2 nitrogen and oxygen atoms in total. The number of rotatable bonds is 2. The third-order valence-corrected chi connectivity index (χ3v) is 3.96. The van der Waals surface area contributed by atoms with Gasteiger partial charge in [-0.3, -0.25) is 4.79 Å². The Morgan fingerprint density at radius 1 is 1.24 bits per heavy atom. The van der Waals surface area contributed by atoms with Crippen LogP contribution >= 0.6 is 0 Å². The second-order valence-corrected chi connectivity index (χ2v) is 5.10. The molecular formula is C15H21NO. The summed E-state index contributed by atoms with van der Waals surface area (Å²) in [5.41, 5.74) is 3.16. The van der Waals surface area contributed by atoms with Crippen LogP contribution in [0.5, 0.6) is 0 Å². The van der Waals surface area contributed by atoms with Gasteiger partial charge in [0, 0.05) is 6.42 Å².